The van der Waals surface area contributed by atoms with Gasteiger partial charge in [0, 0.05) is 41.3 Å². The second-order valence-corrected chi connectivity index (χ2v) is 12.9. The van der Waals surface area contributed by atoms with Crippen molar-refractivity contribution in [2.45, 2.75) is 19.3 Å². The van der Waals surface area contributed by atoms with E-state index in [1.54, 1.807) is 12.1 Å². The van der Waals surface area contributed by atoms with Crippen LogP contribution in [0.3, 0.4) is 0 Å². The van der Waals surface area contributed by atoms with E-state index in [0.29, 0.717) is 5.69 Å². The van der Waals surface area contributed by atoms with E-state index in [0.717, 1.165) is 27.7 Å². The monoisotopic (exact) mass is 533 g/mol. The fourth-order valence-corrected chi connectivity index (χ4v) is 9.34. The molecule has 0 spiro atoms. The van der Waals surface area contributed by atoms with Crippen molar-refractivity contribution in [3.63, 3.8) is 0 Å². The van der Waals surface area contributed by atoms with Crippen LogP contribution in [0, 0.1) is 10.1 Å². The first-order chi connectivity index (χ1) is 18.8. The molecule has 4 aromatic carbocycles. The maximum atomic E-state index is 11.4. The Bertz CT molecular complexity index is 1680. The van der Waals surface area contributed by atoms with Crippen LogP contribution in [0.2, 0.25) is 0 Å². The molecule has 6 rings (SSSR count). The molecule has 1 atom stereocenters. The number of anilines is 2. The summed E-state index contributed by atoms with van der Waals surface area (Å²) in [6.45, 7) is 4.50. The zero-order valence-corrected chi connectivity index (χ0v) is 22.9. The lowest BCUT2D eigenvalue weighted by molar-refractivity contribution is -0.384. The molecule has 194 valence electrons. The van der Waals surface area contributed by atoms with Gasteiger partial charge in [-0.05, 0) is 35.9 Å². The predicted octanol–water partition coefficient (Wildman–Crippen LogP) is 7.81. The lowest BCUT2D eigenvalue weighted by Gasteiger charge is -2.35. The second kappa shape index (κ2) is 9.37. The van der Waals surface area contributed by atoms with E-state index in [4.69, 9.17) is 9.85 Å². The minimum Gasteiger partial charge on any atom is -0.346 e. The summed E-state index contributed by atoms with van der Waals surface area (Å²) in [5.41, 5.74) is 4.90. The molecule has 0 N–H and O–H groups in total. The zero-order valence-electron chi connectivity index (χ0n) is 22.0. The molecular weight excluding hydrogens is 505 g/mol. The Morgan fingerprint density at radius 3 is 2.10 bits per heavy atom. The summed E-state index contributed by atoms with van der Waals surface area (Å²) < 4.78 is 7.58. The highest BCUT2D eigenvalue weighted by molar-refractivity contribution is 7.80. The number of nitrogens with zero attached hydrogens (tertiary/aromatic N) is 5. The first-order valence-electron chi connectivity index (χ1n) is 12.7. The number of hydrogen-bond acceptors (Lipinski definition) is 5. The highest BCUT2D eigenvalue weighted by atomic mass is 31.2. The van der Waals surface area contributed by atoms with Crippen molar-refractivity contribution < 1.29 is 4.92 Å². The average Bonchev–Trinajstić information content (AvgIpc) is 3.42. The molecule has 0 bridgehead atoms. The number of fused-ring (bicyclic) bond motifs is 1. The van der Waals surface area contributed by atoms with Gasteiger partial charge in [-0.2, -0.15) is 5.10 Å². The van der Waals surface area contributed by atoms with Crippen LogP contribution in [0.1, 0.15) is 19.4 Å². The van der Waals surface area contributed by atoms with Crippen LogP contribution in [0.25, 0.3) is 0 Å². The maximum absolute atomic E-state index is 11.4. The minimum absolute atomic E-state index is 0.0364. The van der Waals surface area contributed by atoms with E-state index in [9.17, 15) is 10.1 Å². The van der Waals surface area contributed by atoms with Gasteiger partial charge in [-0.15, -0.1) is 0 Å². The summed E-state index contributed by atoms with van der Waals surface area (Å²) in [5, 5.41) is 18.5. The highest BCUT2D eigenvalue weighted by Crippen LogP contribution is 2.67. The van der Waals surface area contributed by atoms with Gasteiger partial charge >= 0.3 is 0 Å². The van der Waals surface area contributed by atoms with Gasteiger partial charge in [-0.1, -0.05) is 80.6 Å². The Morgan fingerprint density at radius 1 is 0.846 bits per heavy atom. The largest absolute Gasteiger partial charge is 0.346 e. The van der Waals surface area contributed by atoms with Crippen molar-refractivity contribution in [1.29, 1.82) is 0 Å². The molecule has 0 radical (unpaired) electrons. The number of hydrogen-bond donors (Lipinski definition) is 0. The number of nitro benzene ring substituents is 1. The molecule has 0 aromatic heterocycles. The van der Waals surface area contributed by atoms with E-state index in [-0.39, 0.29) is 16.0 Å². The van der Waals surface area contributed by atoms with Crippen molar-refractivity contribution in [3.05, 3.63) is 136 Å². The molecule has 39 heavy (non-hydrogen) atoms. The van der Waals surface area contributed by atoms with Crippen molar-refractivity contribution in [3.8, 4) is 0 Å². The van der Waals surface area contributed by atoms with Crippen LogP contribution in [0.15, 0.2) is 130 Å². The molecule has 0 aliphatic carbocycles. The molecule has 2 aliphatic heterocycles. The van der Waals surface area contributed by atoms with Crippen LogP contribution >= 0.6 is 7.21 Å². The third-order valence-corrected chi connectivity index (χ3v) is 10.9. The summed E-state index contributed by atoms with van der Waals surface area (Å²) in [4.78, 5) is 13.2. The zero-order chi connectivity index (χ0) is 27.2. The van der Waals surface area contributed by atoms with Crippen LogP contribution in [-0.4, -0.2) is 18.2 Å². The number of rotatable bonds is 4. The summed E-state index contributed by atoms with van der Waals surface area (Å²) in [6.07, 6.45) is 1.97. The molecule has 0 saturated carbocycles. The van der Waals surface area contributed by atoms with E-state index in [1.165, 1.54) is 17.7 Å². The van der Waals surface area contributed by atoms with Gasteiger partial charge in [0.2, 0.25) is 0 Å². The Labute approximate surface area is 228 Å². The number of hydrazone groups is 1. The molecule has 2 aliphatic rings. The lowest BCUT2D eigenvalue weighted by atomic mass is 9.84. The summed E-state index contributed by atoms with van der Waals surface area (Å²) in [5.74, 6) is 0. The Balaban J connectivity index is 1.72. The van der Waals surface area contributed by atoms with Gasteiger partial charge in [-0.25, -0.2) is 9.52 Å². The molecule has 1 unspecified atom stereocenters. The van der Waals surface area contributed by atoms with E-state index in [2.05, 4.69) is 67.0 Å². The van der Waals surface area contributed by atoms with Crippen molar-refractivity contribution >= 4 is 41.5 Å². The van der Waals surface area contributed by atoms with Crippen LogP contribution in [0.4, 0.5) is 22.7 Å². The van der Waals surface area contributed by atoms with E-state index >= 15 is 0 Å². The average molecular weight is 534 g/mol. The van der Waals surface area contributed by atoms with E-state index < -0.39 is 7.21 Å². The quantitative estimate of drug-likeness (QED) is 0.152. The topological polar surface area (TPSA) is 74.3 Å². The van der Waals surface area contributed by atoms with Gasteiger partial charge in [0.1, 0.15) is 7.21 Å². The molecule has 0 saturated heterocycles. The highest BCUT2D eigenvalue weighted by Gasteiger charge is 2.47. The van der Waals surface area contributed by atoms with Crippen molar-refractivity contribution in [2.75, 3.05) is 16.7 Å². The number of benzene rings is 4. The normalized spacial score (nSPS) is 21.2. The van der Waals surface area contributed by atoms with Crippen molar-refractivity contribution in [2.24, 2.45) is 9.85 Å². The third kappa shape index (κ3) is 3.89. The molecule has 0 amide bonds. The Morgan fingerprint density at radius 2 is 1.46 bits per heavy atom. The number of para-hydroxylation sites is 2. The fourth-order valence-electron chi connectivity index (χ4n) is 5.67. The SMILES string of the molecule is CN1/C(=C2/C=NN(c3ccccc3)P2(=Nc2ccc([N+](=O)[O-])cc2)c2ccccc2)C(C)(C)c2ccccc21. The summed E-state index contributed by atoms with van der Waals surface area (Å²) in [6, 6.07) is 35.4. The van der Waals surface area contributed by atoms with Gasteiger partial charge in [-0.3, -0.25) is 10.1 Å². The lowest BCUT2D eigenvalue weighted by Crippen LogP contribution is -2.27. The smallest absolute Gasteiger partial charge is 0.269 e. The standard InChI is InChI=1S/C31H28N5O2P/c1-31(2)27-16-10-11-17-28(27)34(3)30(31)29-22-32-35(24-12-6-4-7-13-24)39(29,26-14-8-5-9-15-26)33-23-18-20-25(21-19-23)36(37)38/h4-22H,1-3H3/b30-29-. The summed E-state index contributed by atoms with van der Waals surface area (Å²) in [7, 11) is -0.681. The third-order valence-electron chi connectivity index (χ3n) is 7.43. The second-order valence-electron chi connectivity index (χ2n) is 10.1. The maximum Gasteiger partial charge on any atom is 0.269 e. The minimum atomic E-state index is -2.79. The van der Waals surface area contributed by atoms with Crippen LogP contribution in [0.5, 0.6) is 0 Å². The predicted molar refractivity (Wildman–Crippen MR) is 160 cm³/mol. The first kappa shape index (κ1) is 24.8. The fraction of sp³-hybridized carbons (Fsp3) is 0.129. The Hall–Kier alpha value is -4.48. The molecular formula is C31H28N5O2P. The number of allylic oxidation sites excluding steroid dienone is 2. The van der Waals surface area contributed by atoms with E-state index in [1.807, 2.05) is 54.7 Å². The molecule has 7 nitrogen and oxygen atoms in total. The van der Waals surface area contributed by atoms with Crippen molar-refractivity contribution in [1.82, 2.24) is 0 Å². The molecule has 4 aromatic rings. The van der Waals surface area contributed by atoms with Crippen LogP contribution < -0.4 is 15.0 Å². The van der Waals surface area contributed by atoms with Gasteiger partial charge in [0.15, 0.2) is 0 Å². The van der Waals surface area contributed by atoms with Gasteiger partial charge in [0.25, 0.3) is 5.69 Å². The Kier molecular flexibility index (Phi) is 5.96. The molecule has 0 fully saturated rings. The number of non-ortho nitro benzene ring substituents is 1. The number of likely N-dealkylation sites (N-methyl/N-ethyl adjacent to an activating group) is 1. The van der Waals surface area contributed by atoms with Gasteiger partial charge < -0.3 is 4.90 Å². The summed E-state index contributed by atoms with van der Waals surface area (Å²) >= 11 is 0. The number of nitro groups is 1. The molecule has 2 heterocycles. The first-order valence-corrected chi connectivity index (χ1v) is 14.4. The van der Waals surface area contributed by atoms with Gasteiger partial charge in [0.05, 0.1) is 27.8 Å². The molecule has 8 heteroatoms. The van der Waals surface area contributed by atoms with Crippen LogP contribution in [-0.2, 0) is 5.41 Å².